The number of para-hydroxylation sites is 1. The van der Waals surface area contributed by atoms with Crippen molar-refractivity contribution >= 4 is 11.8 Å². The maximum Gasteiger partial charge on any atom is 0.226 e. The molecule has 1 aromatic carbocycles. The van der Waals surface area contributed by atoms with Crippen LogP contribution in [0, 0.1) is 23.6 Å². The summed E-state index contributed by atoms with van der Waals surface area (Å²) in [6.07, 6.45) is 7.55. The van der Waals surface area contributed by atoms with Crippen LogP contribution in [0.15, 0.2) is 33.8 Å². The maximum atomic E-state index is 14.1. The lowest BCUT2D eigenvalue weighted by atomic mass is 9.84. The highest BCUT2D eigenvalue weighted by Crippen LogP contribution is 2.52. The molecule has 6 rings (SSSR count). The molecule has 0 aliphatic heterocycles. The highest BCUT2D eigenvalue weighted by Gasteiger charge is 2.43. The number of aromatic nitrogens is 5. The lowest BCUT2D eigenvalue weighted by Gasteiger charge is -2.30. The third-order valence-corrected chi connectivity index (χ3v) is 8.41. The van der Waals surface area contributed by atoms with E-state index in [4.69, 9.17) is 9.15 Å². The number of rotatable bonds is 9. The van der Waals surface area contributed by atoms with Crippen molar-refractivity contribution in [2.45, 2.75) is 74.9 Å². The number of benzene rings is 1. The molecule has 0 N–H and O–H groups in total. The van der Waals surface area contributed by atoms with Gasteiger partial charge in [-0.05, 0) is 68.9 Å². The van der Waals surface area contributed by atoms with E-state index in [0.29, 0.717) is 23.5 Å². The SMILES string of the molecule is CC(C1CC2CCC1C2)n1c(COc2ccccc2F)nnc1SCc1nnc(C2CC2)o1. The third-order valence-electron chi connectivity index (χ3n) is 7.48. The molecule has 174 valence electrons. The fraction of sp³-hybridized carbons (Fsp3) is 0.583. The van der Waals surface area contributed by atoms with Crippen LogP contribution in [0.25, 0.3) is 0 Å². The average Bonchev–Trinajstić information content (AvgIpc) is 3.20. The van der Waals surface area contributed by atoms with Gasteiger partial charge < -0.3 is 9.15 Å². The number of halogens is 1. The smallest absolute Gasteiger partial charge is 0.226 e. The Balaban J connectivity index is 1.22. The number of ether oxygens (including phenoxy) is 1. The quantitative estimate of drug-likeness (QED) is 0.380. The molecular formula is C24H28FN5O2S. The Morgan fingerprint density at radius 2 is 2.00 bits per heavy atom. The molecule has 4 unspecified atom stereocenters. The predicted molar refractivity (Wildman–Crippen MR) is 120 cm³/mol. The summed E-state index contributed by atoms with van der Waals surface area (Å²) in [4.78, 5) is 0. The highest BCUT2D eigenvalue weighted by molar-refractivity contribution is 7.98. The van der Waals surface area contributed by atoms with Gasteiger partial charge >= 0.3 is 0 Å². The largest absolute Gasteiger partial charge is 0.483 e. The highest BCUT2D eigenvalue weighted by atomic mass is 32.2. The molecule has 2 heterocycles. The summed E-state index contributed by atoms with van der Waals surface area (Å²) < 4.78 is 27.9. The number of fused-ring (bicyclic) bond motifs is 2. The monoisotopic (exact) mass is 469 g/mol. The van der Waals surface area contributed by atoms with E-state index < -0.39 is 0 Å². The molecule has 3 aliphatic rings. The van der Waals surface area contributed by atoms with E-state index in [0.717, 1.165) is 41.5 Å². The molecule has 3 aromatic rings. The van der Waals surface area contributed by atoms with E-state index in [1.807, 2.05) is 0 Å². The molecule has 0 radical (unpaired) electrons. The van der Waals surface area contributed by atoms with Crippen molar-refractivity contribution in [3.8, 4) is 5.75 Å². The maximum absolute atomic E-state index is 14.1. The fourth-order valence-electron chi connectivity index (χ4n) is 5.64. The molecule has 3 aliphatic carbocycles. The van der Waals surface area contributed by atoms with Gasteiger partial charge in [-0.3, -0.25) is 4.57 Å². The zero-order valence-corrected chi connectivity index (χ0v) is 19.5. The summed E-state index contributed by atoms with van der Waals surface area (Å²) in [5.74, 6) is 5.17. The second kappa shape index (κ2) is 8.74. The second-order valence-electron chi connectivity index (χ2n) is 9.66. The van der Waals surface area contributed by atoms with Crippen LogP contribution in [0.5, 0.6) is 5.75 Å². The Bertz CT molecular complexity index is 1130. The lowest BCUT2D eigenvalue weighted by Crippen LogP contribution is -2.24. The minimum Gasteiger partial charge on any atom is -0.483 e. The second-order valence-corrected chi connectivity index (χ2v) is 10.6. The molecular weight excluding hydrogens is 441 g/mol. The van der Waals surface area contributed by atoms with E-state index in [2.05, 4.69) is 31.9 Å². The fourth-order valence-corrected chi connectivity index (χ4v) is 6.52. The van der Waals surface area contributed by atoms with Crippen LogP contribution in [0.2, 0.25) is 0 Å². The standard InChI is InChI=1S/C24H28FN5O2S/c1-14(18-11-15-6-7-17(18)10-15)30-21(12-31-20-5-3-2-4-19(20)25)26-29-24(30)33-13-22-27-28-23(32-22)16-8-9-16/h2-5,14-18H,6-13H2,1H3. The van der Waals surface area contributed by atoms with Crippen LogP contribution in [0.1, 0.15) is 75.0 Å². The van der Waals surface area contributed by atoms with E-state index in [9.17, 15) is 4.39 Å². The van der Waals surface area contributed by atoms with Crippen LogP contribution < -0.4 is 4.74 Å². The van der Waals surface area contributed by atoms with Crippen LogP contribution >= 0.6 is 11.8 Å². The Morgan fingerprint density at radius 3 is 2.76 bits per heavy atom. The molecule has 9 heteroatoms. The minimum atomic E-state index is -0.373. The lowest BCUT2D eigenvalue weighted by molar-refractivity contribution is 0.215. The van der Waals surface area contributed by atoms with E-state index >= 15 is 0 Å². The van der Waals surface area contributed by atoms with Gasteiger partial charge in [0, 0.05) is 12.0 Å². The molecule has 0 saturated heterocycles. The van der Waals surface area contributed by atoms with Crippen LogP contribution in [-0.4, -0.2) is 25.0 Å². The van der Waals surface area contributed by atoms with Crippen molar-refractivity contribution in [2.75, 3.05) is 0 Å². The normalized spacial score (nSPS) is 25.0. The molecule has 0 spiro atoms. The van der Waals surface area contributed by atoms with Crippen molar-refractivity contribution in [2.24, 2.45) is 17.8 Å². The minimum absolute atomic E-state index is 0.173. The first-order chi connectivity index (χ1) is 16.2. The first-order valence-corrected chi connectivity index (χ1v) is 12.9. The Labute approximate surface area is 196 Å². The summed E-state index contributed by atoms with van der Waals surface area (Å²) >= 11 is 1.56. The summed E-state index contributed by atoms with van der Waals surface area (Å²) in [6, 6.07) is 6.71. The predicted octanol–water partition coefficient (Wildman–Crippen LogP) is 5.55. The zero-order chi connectivity index (χ0) is 22.4. The van der Waals surface area contributed by atoms with Crippen molar-refractivity contribution < 1.29 is 13.5 Å². The first-order valence-electron chi connectivity index (χ1n) is 11.9. The molecule has 4 atom stereocenters. The van der Waals surface area contributed by atoms with Crippen LogP contribution in [0.3, 0.4) is 0 Å². The van der Waals surface area contributed by atoms with Gasteiger partial charge in [-0.1, -0.05) is 30.3 Å². The Kier molecular flexibility index (Phi) is 5.60. The third kappa shape index (κ3) is 4.27. The number of nitrogens with zero attached hydrogens (tertiary/aromatic N) is 5. The van der Waals surface area contributed by atoms with Gasteiger partial charge in [0.1, 0.15) is 6.61 Å². The molecule has 33 heavy (non-hydrogen) atoms. The summed E-state index contributed by atoms with van der Waals surface area (Å²) in [6.45, 7) is 2.44. The molecule has 3 fully saturated rings. The number of hydrogen-bond acceptors (Lipinski definition) is 7. The van der Waals surface area contributed by atoms with Crippen molar-refractivity contribution in [1.82, 2.24) is 25.0 Å². The zero-order valence-electron chi connectivity index (χ0n) is 18.7. The van der Waals surface area contributed by atoms with Gasteiger partial charge in [0.2, 0.25) is 11.8 Å². The van der Waals surface area contributed by atoms with Gasteiger partial charge in [-0.15, -0.1) is 20.4 Å². The Morgan fingerprint density at radius 1 is 1.12 bits per heavy atom. The molecule has 2 bridgehead atoms. The van der Waals surface area contributed by atoms with Gasteiger partial charge in [-0.2, -0.15) is 0 Å². The van der Waals surface area contributed by atoms with Crippen molar-refractivity contribution in [3.05, 3.63) is 47.7 Å². The molecule has 7 nitrogen and oxygen atoms in total. The topological polar surface area (TPSA) is 78.9 Å². The van der Waals surface area contributed by atoms with E-state index in [1.165, 1.54) is 31.7 Å². The van der Waals surface area contributed by atoms with Crippen molar-refractivity contribution in [1.29, 1.82) is 0 Å². The van der Waals surface area contributed by atoms with E-state index in [1.54, 1.807) is 30.0 Å². The van der Waals surface area contributed by atoms with Gasteiger partial charge in [0.15, 0.2) is 22.5 Å². The average molecular weight is 470 g/mol. The van der Waals surface area contributed by atoms with Crippen LogP contribution in [0.4, 0.5) is 4.39 Å². The van der Waals surface area contributed by atoms with Gasteiger partial charge in [0.25, 0.3) is 0 Å². The summed E-state index contributed by atoms with van der Waals surface area (Å²) in [5, 5.41) is 18.2. The number of hydrogen-bond donors (Lipinski definition) is 0. The molecule has 0 amide bonds. The first kappa shape index (κ1) is 21.1. The summed E-state index contributed by atoms with van der Waals surface area (Å²) in [5.41, 5.74) is 0. The molecule has 3 saturated carbocycles. The van der Waals surface area contributed by atoms with Gasteiger partial charge in [-0.25, -0.2) is 4.39 Å². The van der Waals surface area contributed by atoms with Crippen LogP contribution in [-0.2, 0) is 12.4 Å². The van der Waals surface area contributed by atoms with Gasteiger partial charge in [0.05, 0.1) is 5.75 Å². The van der Waals surface area contributed by atoms with Crippen molar-refractivity contribution in [3.63, 3.8) is 0 Å². The number of thioether (sulfide) groups is 1. The molecule has 2 aromatic heterocycles. The van der Waals surface area contributed by atoms with E-state index in [-0.39, 0.29) is 24.2 Å². The Hall–Kier alpha value is -2.42. The summed E-state index contributed by atoms with van der Waals surface area (Å²) in [7, 11) is 0.